The summed E-state index contributed by atoms with van der Waals surface area (Å²) in [6.45, 7) is 6.09. The highest BCUT2D eigenvalue weighted by molar-refractivity contribution is 6.28. The van der Waals surface area contributed by atoms with Crippen molar-refractivity contribution in [2.45, 2.75) is 26.7 Å². The fourth-order valence-electron chi connectivity index (χ4n) is 5.29. The second-order valence-electron chi connectivity index (χ2n) is 10.2. The Kier molecular flexibility index (Phi) is 7.70. The molecule has 202 valence electrons. The Morgan fingerprint density at radius 2 is 0.951 bits per heavy atom. The summed E-state index contributed by atoms with van der Waals surface area (Å²) in [4.78, 5) is 34.2. The quantitative estimate of drug-likeness (QED) is 0.155. The summed E-state index contributed by atoms with van der Waals surface area (Å²) in [6, 6.07) is 36.2. The first kappa shape index (κ1) is 27.4. The standard InChI is InChI=1S/C15H10O2.C14H12.C7H7NO2/c1-9-6-7-12-13(8-9)15(17)11-5-3-2-4-10(11)14(12)16;1-10-11-6-2-4-8-13(11)14-9-5-3-7-12(10)14;1-6-2-4-7(5-3-6)8(9)10/h2-8H,1H3;2-10H,1H3;2-5H,1H3. The first-order chi connectivity index (χ1) is 19.8. The molecule has 7 rings (SSSR count). The third-order valence-electron chi connectivity index (χ3n) is 7.47. The Bertz CT molecular complexity index is 1740. The van der Waals surface area contributed by atoms with Gasteiger partial charge in [0.15, 0.2) is 11.6 Å². The average molecular weight is 540 g/mol. The number of aryl methyl sites for hydroxylation is 2. The van der Waals surface area contributed by atoms with Gasteiger partial charge in [-0.2, -0.15) is 0 Å². The number of carbonyl (C=O) groups excluding carboxylic acids is 2. The predicted molar refractivity (Wildman–Crippen MR) is 162 cm³/mol. The van der Waals surface area contributed by atoms with Gasteiger partial charge in [0.25, 0.3) is 5.69 Å². The van der Waals surface area contributed by atoms with E-state index in [0.29, 0.717) is 28.2 Å². The van der Waals surface area contributed by atoms with Gasteiger partial charge in [0.2, 0.25) is 0 Å². The largest absolute Gasteiger partial charge is 0.289 e. The number of hydrogen-bond acceptors (Lipinski definition) is 4. The number of nitro groups is 1. The van der Waals surface area contributed by atoms with Gasteiger partial charge in [0, 0.05) is 40.3 Å². The van der Waals surface area contributed by atoms with Crippen molar-refractivity contribution in [3.63, 3.8) is 0 Å². The number of rotatable bonds is 1. The molecular formula is C36H29NO4. The van der Waals surface area contributed by atoms with Crippen LogP contribution in [0.4, 0.5) is 5.69 Å². The second kappa shape index (κ2) is 11.5. The summed E-state index contributed by atoms with van der Waals surface area (Å²) >= 11 is 0. The normalized spacial score (nSPS) is 12.5. The summed E-state index contributed by atoms with van der Waals surface area (Å²) in [6.07, 6.45) is 0. The second-order valence-corrected chi connectivity index (χ2v) is 10.2. The van der Waals surface area contributed by atoms with E-state index in [1.165, 1.54) is 34.4 Å². The maximum absolute atomic E-state index is 12.3. The van der Waals surface area contributed by atoms with Crippen LogP contribution in [-0.4, -0.2) is 16.5 Å². The van der Waals surface area contributed by atoms with Crippen LogP contribution in [0.3, 0.4) is 0 Å². The minimum absolute atomic E-state index is 0.0566. The van der Waals surface area contributed by atoms with Gasteiger partial charge in [-0.1, -0.05) is 115 Å². The summed E-state index contributed by atoms with van der Waals surface area (Å²) in [5, 5.41) is 10.1. The van der Waals surface area contributed by atoms with Crippen LogP contribution in [0.25, 0.3) is 11.1 Å². The van der Waals surface area contributed by atoms with Crippen molar-refractivity contribution in [3.05, 3.63) is 170 Å². The van der Waals surface area contributed by atoms with Crippen molar-refractivity contribution >= 4 is 17.3 Å². The molecule has 0 aliphatic heterocycles. The fourth-order valence-corrected chi connectivity index (χ4v) is 5.29. The zero-order chi connectivity index (χ0) is 29.1. The molecule has 5 aromatic carbocycles. The van der Waals surface area contributed by atoms with Crippen molar-refractivity contribution in [3.8, 4) is 11.1 Å². The third-order valence-corrected chi connectivity index (χ3v) is 7.47. The van der Waals surface area contributed by atoms with Crippen LogP contribution in [0, 0.1) is 24.0 Å². The lowest BCUT2D eigenvalue weighted by Crippen LogP contribution is -2.20. The van der Waals surface area contributed by atoms with E-state index >= 15 is 0 Å². The van der Waals surface area contributed by atoms with Crippen molar-refractivity contribution in [1.82, 2.24) is 0 Å². The summed E-state index contributed by atoms with van der Waals surface area (Å²) in [5.74, 6) is 0.441. The average Bonchev–Trinajstić information content (AvgIpc) is 3.29. The van der Waals surface area contributed by atoms with Crippen molar-refractivity contribution in [1.29, 1.82) is 0 Å². The number of ketones is 2. The molecular weight excluding hydrogens is 510 g/mol. The molecule has 0 unspecified atom stereocenters. The Labute approximate surface area is 239 Å². The molecule has 0 bridgehead atoms. The number of hydrogen-bond donors (Lipinski definition) is 0. The SMILES string of the molecule is CC1c2ccccc2-c2ccccc21.Cc1ccc([N+](=O)[O-])cc1.Cc1ccc2c(c1)C(=O)c1ccccc1C2=O. The number of non-ortho nitro benzene ring substituents is 1. The molecule has 2 aliphatic rings. The predicted octanol–water partition coefficient (Wildman–Crippen LogP) is 8.49. The number of fused-ring (bicyclic) bond motifs is 5. The molecule has 0 radical (unpaired) electrons. The van der Waals surface area contributed by atoms with Gasteiger partial charge < -0.3 is 0 Å². The molecule has 0 spiro atoms. The molecule has 0 fully saturated rings. The molecule has 0 saturated heterocycles. The molecule has 0 atom stereocenters. The molecule has 2 aliphatic carbocycles. The fraction of sp³-hybridized carbons (Fsp3) is 0.111. The van der Waals surface area contributed by atoms with Crippen molar-refractivity contribution < 1.29 is 14.5 Å². The molecule has 0 amide bonds. The van der Waals surface area contributed by atoms with Crippen molar-refractivity contribution in [2.75, 3.05) is 0 Å². The van der Waals surface area contributed by atoms with E-state index in [-0.39, 0.29) is 17.3 Å². The minimum atomic E-state index is -0.403. The van der Waals surface area contributed by atoms with E-state index in [1.54, 1.807) is 48.5 Å². The first-order valence-electron chi connectivity index (χ1n) is 13.4. The topological polar surface area (TPSA) is 77.3 Å². The van der Waals surface area contributed by atoms with Gasteiger partial charge in [-0.25, -0.2) is 0 Å². The van der Waals surface area contributed by atoms with E-state index in [0.717, 1.165) is 11.1 Å². The van der Waals surface area contributed by atoms with Crippen LogP contribution in [0.5, 0.6) is 0 Å². The smallest absolute Gasteiger partial charge is 0.269 e. The number of carbonyl (C=O) groups is 2. The molecule has 5 aromatic rings. The Balaban J connectivity index is 0.000000128. The van der Waals surface area contributed by atoms with Crippen LogP contribution in [0.2, 0.25) is 0 Å². The summed E-state index contributed by atoms with van der Waals surface area (Å²) in [7, 11) is 0. The lowest BCUT2D eigenvalue weighted by atomic mass is 9.83. The van der Waals surface area contributed by atoms with E-state index in [4.69, 9.17) is 0 Å². The Morgan fingerprint density at radius 1 is 0.537 bits per heavy atom. The summed E-state index contributed by atoms with van der Waals surface area (Å²) < 4.78 is 0. The van der Waals surface area contributed by atoms with E-state index in [2.05, 4.69) is 55.5 Å². The maximum atomic E-state index is 12.3. The van der Waals surface area contributed by atoms with Gasteiger partial charge in [-0.3, -0.25) is 19.7 Å². The lowest BCUT2D eigenvalue weighted by Gasteiger charge is -2.17. The molecule has 5 heteroatoms. The van der Waals surface area contributed by atoms with Crippen LogP contribution in [0.1, 0.15) is 66.9 Å². The van der Waals surface area contributed by atoms with Crippen LogP contribution in [-0.2, 0) is 0 Å². The van der Waals surface area contributed by atoms with Gasteiger partial charge in [-0.05, 0) is 42.2 Å². The number of benzene rings is 5. The monoisotopic (exact) mass is 539 g/mol. The van der Waals surface area contributed by atoms with Crippen LogP contribution >= 0.6 is 0 Å². The lowest BCUT2D eigenvalue weighted by molar-refractivity contribution is -0.384. The maximum Gasteiger partial charge on any atom is 0.269 e. The highest BCUT2D eigenvalue weighted by Crippen LogP contribution is 2.43. The molecule has 41 heavy (non-hydrogen) atoms. The van der Waals surface area contributed by atoms with Gasteiger partial charge in [0.1, 0.15) is 0 Å². The molecule has 5 nitrogen and oxygen atoms in total. The van der Waals surface area contributed by atoms with E-state index < -0.39 is 4.92 Å². The highest BCUT2D eigenvalue weighted by atomic mass is 16.6. The van der Waals surface area contributed by atoms with E-state index in [1.807, 2.05) is 19.9 Å². The van der Waals surface area contributed by atoms with Crippen LogP contribution < -0.4 is 0 Å². The first-order valence-corrected chi connectivity index (χ1v) is 13.4. The van der Waals surface area contributed by atoms with E-state index in [9.17, 15) is 19.7 Å². The number of nitrogens with zero attached hydrogens (tertiary/aromatic N) is 1. The molecule has 0 saturated carbocycles. The molecule has 0 heterocycles. The third kappa shape index (κ3) is 5.48. The summed E-state index contributed by atoms with van der Waals surface area (Å²) in [5.41, 5.74) is 9.98. The molecule has 0 N–H and O–H groups in total. The van der Waals surface area contributed by atoms with Gasteiger partial charge in [0.05, 0.1) is 4.92 Å². The van der Waals surface area contributed by atoms with Crippen LogP contribution in [0.15, 0.2) is 115 Å². The molecule has 0 aromatic heterocycles. The zero-order valence-electron chi connectivity index (χ0n) is 23.1. The minimum Gasteiger partial charge on any atom is -0.289 e. The Morgan fingerprint density at radius 3 is 1.46 bits per heavy atom. The van der Waals surface area contributed by atoms with Gasteiger partial charge in [-0.15, -0.1) is 0 Å². The zero-order valence-corrected chi connectivity index (χ0v) is 23.1. The van der Waals surface area contributed by atoms with Gasteiger partial charge >= 0.3 is 0 Å². The number of nitro benzene ring substituents is 1. The van der Waals surface area contributed by atoms with Crippen molar-refractivity contribution in [2.24, 2.45) is 0 Å². The Hall–Kier alpha value is -5.16. The highest BCUT2D eigenvalue weighted by Gasteiger charge is 2.29.